The number of azide groups is 2. The zero-order valence-corrected chi connectivity index (χ0v) is 44.5. The fourth-order valence-corrected chi connectivity index (χ4v) is 7.23. The first-order valence-electron chi connectivity index (χ1n) is 26.0. The molecule has 2 aromatic heterocycles. The summed E-state index contributed by atoms with van der Waals surface area (Å²) >= 11 is 0. The molecular weight excluding hydrogens is 1010 g/mol. The van der Waals surface area contributed by atoms with Crippen LogP contribution in [-0.2, 0) is 83.2 Å². The van der Waals surface area contributed by atoms with Crippen LogP contribution < -0.4 is 16.0 Å². The highest BCUT2D eigenvalue weighted by molar-refractivity contribution is 5.87. The average Bonchev–Trinajstić information content (AvgIpc) is 4.04. The van der Waals surface area contributed by atoms with Gasteiger partial charge in [0.25, 0.3) is 0 Å². The Morgan fingerprint density at radius 2 is 1.17 bits per heavy atom. The molecule has 0 spiro atoms. The SMILES string of the molecule is CC(=O)OC(CCC(=O)Cc1cn(CCCCC(=O)NC(CCCCNC(=O)OCCCN=[N+]=[N-])C(C)=O)nn1)COC(=O)CCCc1cn(CCCOC(=O)CCCCCC(NC(=O)OCCCN=[N+]=[N-])C(C)=O)nn1. The quantitative estimate of drug-likeness (QED) is 0.0187. The lowest BCUT2D eigenvalue weighted by Crippen LogP contribution is -2.40. The van der Waals surface area contributed by atoms with Crippen molar-refractivity contribution in [3.05, 3.63) is 44.7 Å². The number of amides is 3. The number of nitrogens with one attached hydrogen (secondary N) is 3. The second-order valence-electron chi connectivity index (χ2n) is 17.9. The zero-order chi connectivity index (χ0) is 56.5. The Morgan fingerprint density at radius 3 is 1.83 bits per heavy atom. The first-order valence-corrected chi connectivity index (χ1v) is 26.0. The number of hydrogen-bond acceptors (Lipinski definition) is 20. The van der Waals surface area contributed by atoms with Crippen LogP contribution in [0.3, 0.4) is 0 Å². The summed E-state index contributed by atoms with van der Waals surface area (Å²) < 4.78 is 29.2. The molecule has 2 aromatic rings. The van der Waals surface area contributed by atoms with Crippen LogP contribution in [0.25, 0.3) is 20.9 Å². The number of esters is 3. The van der Waals surface area contributed by atoms with Gasteiger partial charge in [-0.15, -0.1) is 10.2 Å². The van der Waals surface area contributed by atoms with E-state index in [0.717, 1.165) is 0 Å². The molecule has 3 unspecified atom stereocenters. The van der Waals surface area contributed by atoms with Gasteiger partial charge in [0, 0.05) is 94.0 Å². The average molecular weight is 1090 g/mol. The van der Waals surface area contributed by atoms with E-state index >= 15 is 0 Å². The number of ketones is 3. The molecule has 0 saturated carbocycles. The number of hydrogen-bond donors (Lipinski definition) is 3. The summed E-state index contributed by atoms with van der Waals surface area (Å²) in [6.45, 7) is 5.83. The third kappa shape index (κ3) is 33.8. The minimum Gasteiger partial charge on any atom is -0.466 e. The maximum Gasteiger partial charge on any atom is 0.407 e. The van der Waals surface area contributed by atoms with Crippen LogP contribution >= 0.6 is 0 Å². The molecule has 0 fully saturated rings. The predicted octanol–water partition coefficient (Wildman–Crippen LogP) is 5.37. The van der Waals surface area contributed by atoms with E-state index < -0.39 is 42.3 Å². The molecule has 3 N–H and O–H groups in total. The second-order valence-corrected chi connectivity index (χ2v) is 17.9. The van der Waals surface area contributed by atoms with Crippen molar-refractivity contribution < 1.29 is 66.8 Å². The van der Waals surface area contributed by atoms with Crippen LogP contribution in [-0.4, -0.2) is 148 Å². The van der Waals surface area contributed by atoms with Gasteiger partial charge in [-0.25, -0.2) is 9.59 Å². The molecule has 0 aliphatic rings. The number of Topliss-reactive ketones (excluding diaryl/α,β-unsaturated/α-hetero) is 3. The van der Waals surface area contributed by atoms with Crippen molar-refractivity contribution in [1.29, 1.82) is 0 Å². The summed E-state index contributed by atoms with van der Waals surface area (Å²) in [6.07, 6.45) is 8.89. The number of aryl methyl sites for hydroxylation is 3. The molecular formula is C48H75N15O14. The Labute approximate surface area is 446 Å². The van der Waals surface area contributed by atoms with Gasteiger partial charge in [0.05, 0.1) is 49.7 Å². The summed E-state index contributed by atoms with van der Waals surface area (Å²) in [5.74, 6) is -2.27. The summed E-state index contributed by atoms with van der Waals surface area (Å²) in [7, 11) is 0. The van der Waals surface area contributed by atoms with E-state index in [4.69, 9.17) is 34.7 Å². The Kier molecular flexibility index (Phi) is 34.5. The van der Waals surface area contributed by atoms with Crippen molar-refractivity contribution in [2.45, 2.75) is 180 Å². The van der Waals surface area contributed by atoms with Gasteiger partial charge >= 0.3 is 30.1 Å². The standard InChI is InChI=1S/C48H75N15O14/c1-35(64)42(17-7-9-23-51-47(71)74-28-12-24-52-58-49)54-44(68)18-8-10-26-62-33-39(57-61-62)31-40(67)21-22-41(77-37(3)66)34-76-46(70)20-11-15-38-32-63(60-56-38)27-14-30-73-45(69)19-6-4-5-16-43(36(2)65)55-48(72)75-29-13-25-53-59-50/h32-33,41-43H,4-31,34H2,1-3H3,(H,51,71)(H,54,68)(H,55,72). The first-order chi connectivity index (χ1) is 37.1. The van der Waals surface area contributed by atoms with Gasteiger partial charge in [-0.1, -0.05) is 33.5 Å². The van der Waals surface area contributed by atoms with Gasteiger partial charge in [-0.2, -0.15) is 0 Å². The van der Waals surface area contributed by atoms with E-state index in [1.807, 2.05) is 0 Å². The van der Waals surface area contributed by atoms with Crippen LogP contribution in [0.2, 0.25) is 0 Å². The van der Waals surface area contributed by atoms with Gasteiger partial charge in [-0.3, -0.25) is 42.9 Å². The van der Waals surface area contributed by atoms with Crippen molar-refractivity contribution in [3.63, 3.8) is 0 Å². The van der Waals surface area contributed by atoms with Gasteiger partial charge in [-0.05, 0) is 102 Å². The van der Waals surface area contributed by atoms with Crippen molar-refractivity contribution in [2.24, 2.45) is 10.2 Å². The van der Waals surface area contributed by atoms with Gasteiger partial charge < -0.3 is 39.6 Å². The van der Waals surface area contributed by atoms with E-state index in [-0.39, 0.29) is 107 Å². The second kappa shape index (κ2) is 40.6. The Morgan fingerprint density at radius 1 is 0.597 bits per heavy atom. The van der Waals surface area contributed by atoms with Crippen LogP contribution in [0.4, 0.5) is 9.59 Å². The maximum atomic E-state index is 12.8. The topological polar surface area (TPSA) is 395 Å². The molecule has 2 heterocycles. The van der Waals surface area contributed by atoms with Crippen molar-refractivity contribution >= 4 is 53.4 Å². The maximum absolute atomic E-state index is 12.8. The van der Waals surface area contributed by atoms with Gasteiger partial charge in [0.1, 0.15) is 18.5 Å². The summed E-state index contributed by atoms with van der Waals surface area (Å²) in [5, 5.41) is 31.0. The summed E-state index contributed by atoms with van der Waals surface area (Å²) in [4.78, 5) is 115. The number of nitrogens with zero attached hydrogens (tertiary/aromatic N) is 12. The first kappa shape index (κ1) is 65.4. The van der Waals surface area contributed by atoms with Gasteiger partial charge in [0.15, 0.2) is 11.6 Å². The lowest BCUT2D eigenvalue weighted by molar-refractivity contribution is -0.158. The molecule has 0 aromatic carbocycles. The van der Waals surface area contributed by atoms with Crippen molar-refractivity contribution in [3.8, 4) is 0 Å². The van der Waals surface area contributed by atoms with E-state index in [1.165, 1.54) is 20.8 Å². The molecule has 77 heavy (non-hydrogen) atoms. The number of unbranched alkanes of at least 4 members (excludes halogenated alkanes) is 4. The van der Waals surface area contributed by atoms with Crippen LogP contribution in [0.1, 0.15) is 148 Å². The fourth-order valence-electron chi connectivity index (χ4n) is 7.23. The summed E-state index contributed by atoms with van der Waals surface area (Å²) in [5.41, 5.74) is 17.6. The molecule has 0 saturated heterocycles. The van der Waals surface area contributed by atoms with Crippen LogP contribution in [0.5, 0.6) is 0 Å². The normalized spacial score (nSPS) is 11.8. The Bertz CT molecular complexity index is 2260. The molecule has 29 heteroatoms. The highest BCUT2D eigenvalue weighted by Crippen LogP contribution is 2.12. The van der Waals surface area contributed by atoms with Gasteiger partial charge in [0.2, 0.25) is 5.91 Å². The molecule has 0 aliphatic heterocycles. The number of rotatable bonds is 44. The largest absolute Gasteiger partial charge is 0.466 e. The third-order valence-electron chi connectivity index (χ3n) is 11.3. The van der Waals surface area contributed by atoms with Crippen molar-refractivity contribution in [1.82, 2.24) is 45.9 Å². The lowest BCUT2D eigenvalue weighted by atomic mass is 10.0. The molecule has 2 rings (SSSR count). The highest BCUT2D eigenvalue weighted by Gasteiger charge is 2.21. The Balaban J connectivity index is 1.58. The molecule has 3 amide bonds. The molecule has 3 atom stereocenters. The third-order valence-corrected chi connectivity index (χ3v) is 11.3. The fraction of sp³-hybridized carbons (Fsp3) is 0.729. The number of carbonyl (C=O) groups excluding carboxylic acids is 9. The monoisotopic (exact) mass is 1090 g/mol. The summed E-state index contributed by atoms with van der Waals surface area (Å²) in [6, 6.07) is -1.35. The molecule has 0 radical (unpaired) electrons. The van der Waals surface area contributed by atoms with E-state index in [9.17, 15) is 43.2 Å². The number of carbonyl (C=O) groups is 9. The molecule has 426 valence electrons. The minimum absolute atomic E-state index is 0.0125. The minimum atomic E-state index is -0.831. The number of alkyl carbamates (subject to hydrolysis) is 2. The van der Waals surface area contributed by atoms with E-state index in [0.29, 0.717) is 121 Å². The van der Waals surface area contributed by atoms with Crippen LogP contribution in [0, 0.1) is 0 Å². The number of aromatic nitrogens is 6. The van der Waals surface area contributed by atoms with Crippen molar-refractivity contribution in [2.75, 3.05) is 46.1 Å². The predicted molar refractivity (Wildman–Crippen MR) is 272 cm³/mol. The molecule has 29 nitrogen and oxygen atoms in total. The molecule has 0 aliphatic carbocycles. The lowest BCUT2D eigenvalue weighted by Gasteiger charge is -2.16. The number of ether oxygens (including phenoxy) is 5. The van der Waals surface area contributed by atoms with E-state index in [2.05, 4.69) is 56.6 Å². The Hall–Kier alpha value is -7.67. The zero-order valence-electron chi connectivity index (χ0n) is 44.5. The van der Waals surface area contributed by atoms with E-state index in [1.54, 1.807) is 21.8 Å². The smallest absolute Gasteiger partial charge is 0.407 e. The van der Waals surface area contributed by atoms with Crippen LogP contribution in [0.15, 0.2) is 22.6 Å². The highest BCUT2D eigenvalue weighted by atomic mass is 16.6. The molecule has 0 bridgehead atoms.